The summed E-state index contributed by atoms with van der Waals surface area (Å²) in [6.07, 6.45) is 6.07. The molecule has 0 spiro atoms. The van der Waals surface area contributed by atoms with E-state index in [4.69, 9.17) is 0 Å². The number of hydrogen-bond acceptors (Lipinski definition) is 3. The van der Waals surface area contributed by atoms with Crippen LogP contribution < -0.4 is 0 Å². The molecule has 3 rings (SSSR count). The molecule has 1 fully saturated rings. The monoisotopic (exact) mass is 313 g/mol. The Morgan fingerprint density at radius 2 is 1.87 bits per heavy atom. The van der Waals surface area contributed by atoms with Crippen LogP contribution in [0.5, 0.6) is 0 Å². The lowest BCUT2D eigenvalue weighted by Gasteiger charge is -2.31. The second-order valence-corrected chi connectivity index (χ2v) is 6.94. The highest BCUT2D eigenvalue weighted by atomic mass is 16.3. The van der Waals surface area contributed by atoms with E-state index in [-0.39, 0.29) is 0 Å². The van der Waals surface area contributed by atoms with Gasteiger partial charge in [-0.05, 0) is 25.3 Å². The van der Waals surface area contributed by atoms with Crippen LogP contribution in [0.3, 0.4) is 0 Å². The SMILES string of the molecule is Cc1c(CN(Cc2ccccc2)CC2(O)CCCC2)cnn1C. The third-order valence-electron chi connectivity index (χ3n) is 5.03. The molecule has 1 aromatic carbocycles. The van der Waals surface area contributed by atoms with Gasteiger partial charge >= 0.3 is 0 Å². The van der Waals surface area contributed by atoms with Crippen LogP contribution >= 0.6 is 0 Å². The molecule has 0 radical (unpaired) electrons. The first-order chi connectivity index (χ1) is 11.1. The topological polar surface area (TPSA) is 41.3 Å². The molecule has 1 aliphatic carbocycles. The second-order valence-electron chi connectivity index (χ2n) is 6.94. The van der Waals surface area contributed by atoms with Crippen molar-refractivity contribution < 1.29 is 5.11 Å². The lowest BCUT2D eigenvalue weighted by molar-refractivity contribution is 0.00447. The molecule has 23 heavy (non-hydrogen) atoms. The van der Waals surface area contributed by atoms with Crippen molar-refractivity contribution in [2.75, 3.05) is 6.54 Å². The van der Waals surface area contributed by atoms with Gasteiger partial charge in [0.2, 0.25) is 0 Å². The van der Waals surface area contributed by atoms with Gasteiger partial charge in [0.25, 0.3) is 0 Å². The van der Waals surface area contributed by atoms with Crippen molar-refractivity contribution in [2.45, 2.75) is 51.3 Å². The first kappa shape index (κ1) is 16.2. The van der Waals surface area contributed by atoms with Gasteiger partial charge in [-0.2, -0.15) is 5.10 Å². The zero-order valence-corrected chi connectivity index (χ0v) is 14.2. The molecule has 1 heterocycles. The maximum atomic E-state index is 10.8. The molecule has 0 unspecified atom stereocenters. The summed E-state index contributed by atoms with van der Waals surface area (Å²) in [5.41, 5.74) is 3.20. The average Bonchev–Trinajstić information content (AvgIpc) is 3.09. The second kappa shape index (κ2) is 6.85. The van der Waals surface area contributed by atoms with Crippen LogP contribution in [-0.2, 0) is 20.1 Å². The fourth-order valence-corrected chi connectivity index (χ4v) is 3.56. The molecule has 4 nitrogen and oxygen atoms in total. The van der Waals surface area contributed by atoms with Crippen molar-refractivity contribution in [1.29, 1.82) is 0 Å². The maximum absolute atomic E-state index is 10.8. The molecule has 0 amide bonds. The van der Waals surface area contributed by atoms with Crippen molar-refractivity contribution in [3.63, 3.8) is 0 Å². The van der Waals surface area contributed by atoms with E-state index in [0.29, 0.717) is 0 Å². The zero-order valence-electron chi connectivity index (χ0n) is 14.2. The summed E-state index contributed by atoms with van der Waals surface area (Å²) in [7, 11) is 1.98. The van der Waals surface area contributed by atoms with E-state index in [2.05, 4.69) is 41.2 Å². The van der Waals surface area contributed by atoms with Crippen LogP contribution in [0, 0.1) is 6.92 Å². The summed E-state index contributed by atoms with van der Waals surface area (Å²) in [5, 5.41) is 15.2. The van der Waals surface area contributed by atoms with E-state index < -0.39 is 5.60 Å². The average molecular weight is 313 g/mol. The largest absolute Gasteiger partial charge is 0.389 e. The van der Waals surface area contributed by atoms with Gasteiger partial charge in [0.15, 0.2) is 0 Å². The van der Waals surface area contributed by atoms with E-state index in [1.807, 2.05) is 24.0 Å². The fourth-order valence-electron chi connectivity index (χ4n) is 3.56. The Labute approximate surface area is 138 Å². The predicted molar refractivity (Wildman–Crippen MR) is 91.9 cm³/mol. The molecule has 1 aliphatic rings. The standard InChI is InChI=1S/C19H27N3O/c1-16-18(12-20-21(16)2)14-22(13-17-8-4-3-5-9-17)15-19(23)10-6-7-11-19/h3-5,8-9,12,23H,6-7,10-11,13-15H2,1-2H3. The molecule has 0 atom stereocenters. The Bertz CT molecular complexity index is 629. The minimum Gasteiger partial charge on any atom is -0.389 e. The van der Waals surface area contributed by atoms with Crippen molar-refractivity contribution in [2.24, 2.45) is 7.05 Å². The number of aliphatic hydroxyl groups is 1. The van der Waals surface area contributed by atoms with Crippen LogP contribution in [0.2, 0.25) is 0 Å². The van der Waals surface area contributed by atoms with Gasteiger partial charge in [0, 0.05) is 37.9 Å². The Morgan fingerprint density at radius 3 is 2.48 bits per heavy atom. The molecule has 0 bridgehead atoms. The third-order valence-corrected chi connectivity index (χ3v) is 5.03. The van der Waals surface area contributed by atoms with Crippen molar-refractivity contribution in [3.05, 3.63) is 53.3 Å². The van der Waals surface area contributed by atoms with Crippen LogP contribution in [0.1, 0.15) is 42.5 Å². The molecule has 1 aromatic heterocycles. The highest BCUT2D eigenvalue weighted by Crippen LogP contribution is 2.31. The van der Waals surface area contributed by atoms with Gasteiger partial charge in [-0.25, -0.2) is 0 Å². The molecule has 1 saturated carbocycles. The molecule has 4 heteroatoms. The maximum Gasteiger partial charge on any atom is 0.0774 e. The minimum absolute atomic E-state index is 0.523. The first-order valence-corrected chi connectivity index (χ1v) is 8.52. The normalized spacial score (nSPS) is 17.0. The first-order valence-electron chi connectivity index (χ1n) is 8.52. The molecule has 124 valence electrons. The van der Waals surface area contributed by atoms with Crippen LogP contribution in [-0.4, -0.2) is 31.9 Å². The van der Waals surface area contributed by atoms with Crippen molar-refractivity contribution in [1.82, 2.24) is 14.7 Å². The molecule has 2 aromatic rings. The number of aryl methyl sites for hydroxylation is 1. The Balaban J connectivity index is 1.76. The molecule has 1 N–H and O–H groups in total. The van der Waals surface area contributed by atoms with Crippen LogP contribution in [0.15, 0.2) is 36.5 Å². The van der Waals surface area contributed by atoms with Gasteiger partial charge in [-0.3, -0.25) is 9.58 Å². The summed E-state index contributed by atoms with van der Waals surface area (Å²) in [6, 6.07) is 10.5. The minimum atomic E-state index is -0.523. The number of rotatable bonds is 6. The summed E-state index contributed by atoms with van der Waals surface area (Å²) in [4.78, 5) is 2.37. The van der Waals surface area contributed by atoms with E-state index in [9.17, 15) is 5.11 Å². The Morgan fingerprint density at radius 1 is 1.17 bits per heavy atom. The van der Waals surface area contributed by atoms with E-state index in [1.54, 1.807) is 0 Å². The lowest BCUT2D eigenvalue weighted by atomic mass is 10.0. The van der Waals surface area contributed by atoms with E-state index >= 15 is 0 Å². The van der Waals surface area contributed by atoms with Gasteiger partial charge in [0.1, 0.15) is 0 Å². The zero-order chi connectivity index (χ0) is 16.3. The van der Waals surface area contributed by atoms with Crippen molar-refractivity contribution in [3.8, 4) is 0 Å². The van der Waals surface area contributed by atoms with Gasteiger partial charge < -0.3 is 5.11 Å². The summed E-state index contributed by atoms with van der Waals surface area (Å²) in [6.45, 7) is 4.53. The highest BCUT2D eigenvalue weighted by Gasteiger charge is 2.33. The molecular weight excluding hydrogens is 286 g/mol. The Kier molecular flexibility index (Phi) is 4.83. The lowest BCUT2D eigenvalue weighted by Crippen LogP contribution is -2.40. The van der Waals surface area contributed by atoms with Gasteiger partial charge in [0.05, 0.1) is 11.8 Å². The predicted octanol–water partition coefficient (Wildman–Crippen LogP) is 3.04. The number of aromatic nitrogens is 2. The van der Waals surface area contributed by atoms with Crippen LogP contribution in [0.4, 0.5) is 0 Å². The number of nitrogens with zero attached hydrogens (tertiary/aromatic N) is 3. The van der Waals surface area contributed by atoms with Crippen LogP contribution in [0.25, 0.3) is 0 Å². The Hall–Kier alpha value is -1.65. The molecular formula is C19H27N3O. The molecule has 0 aliphatic heterocycles. The van der Waals surface area contributed by atoms with Gasteiger partial charge in [-0.15, -0.1) is 0 Å². The van der Waals surface area contributed by atoms with Crippen molar-refractivity contribution >= 4 is 0 Å². The van der Waals surface area contributed by atoms with Gasteiger partial charge in [-0.1, -0.05) is 43.2 Å². The number of hydrogen-bond donors (Lipinski definition) is 1. The summed E-state index contributed by atoms with van der Waals surface area (Å²) in [5.74, 6) is 0. The quantitative estimate of drug-likeness (QED) is 0.891. The molecule has 0 saturated heterocycles. The van der Waals surface area contributed by atoms with E-state index in [1.165, 1.54) is 16.8 Å². The van der Waals surface area contributed by atoms with E-state index in [0.717, 1.165) is 45.3 Å². The smallest absolute Gasteiger partial charge is 0.0774 e. The highest BCUT2D eigenvalue weighted by molar-refractivity contribution is 5.18. The summed E-state index contributed by atoms with van der Waals surface area (Å²) < 4.78 is 1.92. The fraction of sp³-hybridized carbons (Fsp3) is 0.526. The summed E-state index contributed by atoms with van der Waals surface area (Å²) >= 11 is 0. The third kappa shape index (κ3) is 4.01. The number of benzene rings is 1.